The highest BCUT2D eigenvalue weighted by atomic mass is 15.2. The van der Waals surface area contributed by atoms with Gasteiger partial charge >= 0.3 is 0 Å². The Bertz CT molecular complexity index is 237. The number of nitrogens with one attached hydrogen (secondary N) is 2. The van der Waals surface area contributed by atoms with E-state index in [2.05, 4.69) is 43.3 Å². The minimum atomic E-state index is 0.420. The summed E-state index contributed by atoms with van der Waals surface area (Å²) in [4.78, 5) is 4.64. The van der Waals surface area contributed by atoms with Gasteiger partial charge in [0.05, 0.1) is 0 Å². The van der Waals surface area contributed by atoms with E-state index in [0.717, 1.165) is 19.0 Å². The second-order valence-electron chi connectivity index (χ2n) is 6.45. The zero-order valence-electron chi connectivity index (χ0n) is 14.8. The maximum Gasteiger partial charge on any atom is 0.191 e. The highest BCUT2D eigenvalue weighted by molar-refractivity contribution is 5.80. The first-order valence-electron chi connectivity index (χ1n) is 8.83. The molecule has 0 spiro atoms. The molecule has 0 aromatic heterocycles. The summed E-state index contributed by atoms with van der Waals surface area (Å²) < 4.78 is 0. The minimum absolute atomic E-state index is 0.420. The predicted octanol–water partition coefficient (Wildman–Crippen LogP) is 3.42. The van der Waals surface area contributed by atoms with Gasteiger partial charge in [-0.2, -0.15) is 0 Å². The summed E-state index contributed by atoms with van der Waals surface area (Å²) in [5.74, 6) is 0.946. The molecule has 0 aromatic rings. The van der Waals surface area contributed by atoms with Crippen molar-refractivity contribution in [2.75, 3.05) is 13.1 Å². The van der Waals surface area contributed by atoms with Gasteiger partial charge < -0.3 is 16.4 Å². The first kappa shape index (κ1) is 20.2. The van der Waals surface area contributed by atoms with Crippen molar-refractivity contribution >= 4 is 5.96 Å². The fourth-order valence-electron chi connectivity index (χ4n) is 2.19. The Morgan fingerprint density at radius 3 is 1.62 bits per heavy atom. The van der Waals surface area contributed by atoms with Crippen LogP contribution in [0, 0.1) is 0 Å². The first-order chi connectivity index (χ1) is 10.1. The number of hydrogen-bond acceptors (Lipinski definition) is 2. The lowest BCUT2D eigenvalue weighted by Crippen LogP contribution is -2.44. The zero-order chi connectivity index (χ0) is 15.9. The summed E-state index contributed by atoms with van der Waals surface area (Å²) in [6.07, 6.45) is 10.4. The molecule has 4 heteroatoms. The summed E-state index contributed by atoms with van der Waals surface area (Å²) in [6.45, 7) is 10.3. The molecule has 4 N–H and O–H groups in total. The maximum atomic E-state index is 5.49. The normalized spacial score (nSPS) is 11.0. The van der Waals surface area contributed by atoms with Gasteiger partial charge in [0.25, 0.3) is 0 Å². The fraction of sp³-hybridized carbons (Fsp3) is 0.941. The highest BCUT2D eigenvalue weighted by Crippen LogP contribution is 2.08. The highest BCUT2D eigenvalue weighted by Gasteiger charge is 2.02. The van der Waals surface area contributed by atoms with Crippen LogP contribution in [0.4, 0.5) is 0 Å². The van der Waals surface area contributed by atoms with Crippen molar-refractivity contribution in [2.24, 2.45) is 10.7 Å². The molecular weight excluding hydrogens is 260 g/mol. The Balaban J connectivity index is 3.61. The molecule has 0 bridgehead atoms. The van der Waals surface area contributed by atoms with Crippen molar-refractivity contribution in [3.63, 3.8) is 0 Å². The Morgan fingerprint density at radius 2 is 1.19 bits per heavy atom. The third-order valence-electron chi connectivity index (χ3n) is 3.23. The molecule has 0 aliphatic heterocycles. The van der Waals surface area contributed by atoms with E-state index in [4.69, 9.17) is 5.73 Å². The van der Waals surface area contributed by atoms with Crippen LogP contribution in [-0.2, 0) is 0 Å². The van der Waals surface area contributed by atoms with Crippen molar-refractivity contribution in [1.29, 1.82) is 0 Å². The van der Waals surface area contributed by atoms with Gasteiger partial charge in [-0.1, -0.05) is 38.5 Å². The average molecular weight is 299 g/mol. The Morgan fingerprint density at radius 1 is 0.762 bits per heavy atom. The molecule has 0 radical (unpaired) electrons. The van der Waals surface area contributed by atoms with E-state index in [0.29, 0.717) is 12.1 Å². The summed E-state index contributed by atoms with van der Waals surface area (Å²) in [5.41, 5.74) is 5.49. The van der Waals surface area contributed by atoms with Gasteiger partial charge in [-0.15, -0.1) is 0 Å². The van der Waals surface area contributed by atoms with Gasteiger partial charge in [0.15, 0.2) is 5.96 Å². The lowest BCUT2D eigenvalue weighted by atomic mass is 10.1. The topological polar surface area (TPSA) is 62.4 Å². The molecule has 0 fully saturated rings. The van der Waals surface area contributed by atoms with Crippen molar-refractivity contribution < 1.29 is 0 Å². The molecule has 0 aliphatic carbocycles. The molecule has 0 atom stereocenters. The van der Waals surface area contributed by atoms with E-state index < -0.39 is 0 Å². The molecule has 0 aromatic carbocycles. The van der Waals surface area contributed by atoms with Gasteiger partial charge in [0.1, 0.15) is 0 Å². The quantitative estimate of drug-likeness (QED) is 0.294. The molecule has 0 saturated carbocycles. The lowest BCUT2D eigenvalue weighted by Gasteiger charge is -2.17. The second kappa shape index (κ2) is 14.2. The van der Waals surface area contributed by atoms with Crippen molar-refractivity contribution in [1.82, 2.24) is 10.6 Å². The van der Waals surface area contributed by atoms with E-state index >= 15 is 0 Å². The van der Waals surface area contributed by atoms with Gasteiger partial charge in [-0.3, -0.25) is 4.99 Å². The van der Waals surface area contributed by atoms with E-state index in [9.17, 15) is 0 Å². The molecule has 0 unspecified atom stereocenters. The van der Waals surface area contributed by atoms with Crippen molar-refractivity contribution in [3.05, 3.63) is 0 Å². The smallest absolute Gasteiger partial charge is 0.191 e. The second-order valence-corrected chi connectivity index (χ2v) is 6.45. The Labute approximate surface area is 132 Å². The molecule has 0 saturated heterocycles. The van der Waals surface area contributed by atoms with Crippen LogP contribution in [0.3, 0.4) is 0 Å². The van der Waals surface area contributed by atoms with Crippen LogP contribution in [0.15, 0.2) is 4.99 Å². The molecule has 126 valence electrons. The standard InChI is InChI=1S/C17H38N4/c1-15(2)20-17(21-16(3)4)19-14-12-10-8-6-5-7-9-11-13-18/h15-16H,5-14,18H2,1-4H3,(H2,19,20,21). The number of hydrogen-bond donors (Lipinski definition) is 3. The largest absolute Gasteiger partial charge is 0.354 e. The molecule has 0 heterocycles. The van der Waals surface area contributed by atoms with Crippen molar-refractivity contribution in [3.8, 4) is 0 Å². The number of rotatable bonds is 12. The minimum Gasteiger partial charge on any atom is -0.354 e. The van der Waals surface area contributed by atoms with E-state index in [1.807, 2.05) is 0 Å². The van der Waals surface area contributed by atoms with Gasteiger partial charge in [0, 0.05) is 18.6 Å². The molecular formula is C17H38N4. The lowest BCUT2D eigenvalue weighted by molar-refractivity contribution is 0.571. The molecule has 0 amide bonds. The predicted molar refractivity (Wildman–Crippen MR) is 94.8 cm³/mol. The average Bonchev–Trinajstić information content (AvgIpc) is 2.39. The van der Waals surface area contributed by atoms with Gasteiger partial charge in [-0.05, 0) is 47.1 Å². The Kier molecular flexibility index (Phi) is 13.7. The Hall–Kier alpha value is -0.770. The fourth-order valence-corrected chi connectivity index (χ4v) is 2.19. The van der Waals surface area contributed by atoms with Crippen LogP contribution in [0.2, 0.25) is 0 Å². The summed E-state index contributed by atoms with van der Waals surface area (Å²) in [5, 5.41) is 6.74. The molecule has 4 nitrogen and oxygen atoms in total. The third kappa shape index (κ3) is 15.4. The summed E-state index contributed by atoms with van der Waals surface area (Å²) >= 11 is 0. The van der Waals surface area contributed by atoms with E-state index in [-0.39, 0.29) is 0 Å². The zero-order valence-corrected chi connectivity index (χ0v) is 14.8. The number of nitrogens with zero attached hydrogens (tertiary/aromatic N) is 1. The third-order valence-corrected chi connectivity index (χ3v) is 3.23. The van der Waals surface area contributed by atoms with E-state index in [1.165, 1.54) is 51.4 Å². The van der Waals surface area contributed by atoms with Gasteiger partial charge in [-0.25, -0.2) is 0 Å². The van der Waals surface area contributed by atoms with Crippen LogP contribution in [-0.4, -0.2) is 31.1 Å². The van der Waals surface area contributed by atoms with Crippen LogP contribution in [0.25, 0.3) is 0 Å². The molecule has 0 aliphatic rings. The number of guanidine groups is 1. The number of aliphatic imine (C=N–C) groups is 1. The molecule has 21 heavy (non-hydrogen) atoms. The van der Waals surface area contributed by atoms with Crippen LogP contribution >= 0.6 is 0 Å². The first-order valence-corrected chi connectivity index (χ1v) is 8.83. The van der Waals surface area contributed by atoms with Crippen molar-refractivity contribution in [2.45, 2.75) is 91.1 Å². The van der Waals surface area contributed by atoms with Crippen LogP contribution in [0.5, 0.6) is 0 Å². The number of unbranched alkanes of at least 4 members (excludes halogenated alkanes) is 7. The maximum absolute atomic E-state index is 5.49. The van der Waals surface area contributed by atoms with E-state index in [1.54, 1.807) is 0 Å². The summed E-state index contributed by atoms with van der Waals surface area (Å²) in [7, 11) is 0. The van der Waals surface area contributed by atoms with Gasteiger partial charge in [0.2, 0.25) is 0 Å². The summed E-state index contributed by atoms with van der Waals surface area (Å²) in [6, 6.07) is 0.840. The number of nitrogens with two attached hydrogens (primary N) is 1. The van der Waals surface area contributed by atoms with Crippen LogP contribution in [0.1, 0.15) is 79.1 Å². The van der Waals surface area contributed by atoms with Crippen LogP contribution < -0.4 is 16.4 Å². The SMILES string of the molecule is CC(C)NC(=NCCCCCCCCCCN)NC(C)C. The molecule has 0 rings (SSSR count). The monoisotopic (exact) mass is 298 g/mol.